The molecule has 0 aliphatic carbocycles. The highest BCUT2D eigenvalue weighted by atomic mass is 32.2. The smallest absolute Gasteiger partial charge is 0.269 e. The van der Waals surface area contributed by atoms with Crippen molar-refractivity contribution in [3.8, 4) is 0 Å². The van der Waals surface area contributed by atoms with Crippen molar-refractivity contribution < 1.29 is 9.59 Å². The summed E-state index contributed by atoms with van der Waals surface area (Å²) < 4.78 is 2.33. The molecule has 1 aromatic heterocycles. The van der Waals surface area contributed by atoms with Crippen molar-refractivity contribution in [3.63, 3.8) is 0 Å². The van der Waals surface area contributed by atoms with Crippen LogP contribution in [0.25, 0.3) is 11.0 Å². The molecule has 0 spiro atoms. The number of carbonyl (C=O) groups excluding carboxylic acids is 2. The maximum absolute atomic E-state index is 12.3. The van der Waals surface area contributed by atoms with Crippen LogP contribution < -0.4 is 10.9 Å². The van der Waals surface area contributed by atoms with Gasteiger partial charge in [-0.2, -0.15) is 0 Å². The van der Waals surface area contributed by atoms with Crippen LogP contribution in [0.3, 0.4) is 0 Å². The molecule has 0 saturated carbocycles. The first-order valence-corrected chi connectivity index (χ1v) is 11.0. The average Bonchev–Trinajstić information content (AvgIpc) is 3.36. The predicted molar refractivity (Wildman–Crippen MR) is 114 cm³/mol. The van der Waals surface area contributed by atoms with Gasteiger partial charge in [0, 0.05) is 24.1 Å². The summed E-state index contributed by atoms with van der Waals surface area (Å²) in [6.07, 6.45) is 0.0839. The maximum Gasteiger partial charge on any atom is 0.269 e. The SMILES string of the molecule is Cn1c(CC(=O)NNC(=O)c2ccc(C3SCCS3)cc2)nc2ccccc21. The second kappa shape index (κ2) is 8.28. The molecule has 6 nitrogen and oxygen atoms in total. The van der Waals surface area contributed by atoms with Gasteiger partial charge in [-0.25, -0.2) is 4.98 Å². The average molecular weight is 413 g/mol. The Kier molecular flexibility index (Phi) is 5.59. The molecule has 1 saturated heterocycles. The van der Waals surface area contributed by atoms with Crippen molar-refractivity contribution in [3.05, 3.63) is 65.5 Å². The molecule has 0 bridgehead atoms. The van der Waals surface area contributed by atoms with E-state index in [4.69, 9.17) is 0 Å². The predicted octanol–water partition coefficient (Wildman–Crippen LogP) is 3.06. The lowest BCUT2D eigenvalue weighted by Crippen LogP contribution is -2.42. The first kappa shape index (κ1) is 18.9. The highest BCUT2D eigenvalue weighted by molar-refractivity contribution is 8.19. The van der Waals surface area contributed by atoms with Crippen LogP contribution in [0, 0.1) is 0 Å². The van der Waals surface area contributed by atoms with Gasteiger partial charge in [0.2, 0.25) is 5.91 Å². The van der Waals surface area contributed by atoms with Crippen molar-refractivity contribution in [2.24, 2.45) is 7.05 Å². The van der Waals surface area contributed by atoms with E-state index in [1.54, 1.807) is 12.1 Å². The number of thioether (sulfide) groups is 2. The molecule has 0 atom stereocenters. The van der Waals surface area contributed by atoms with Gasteiger partial charge in [-0.3, -0.25) is 20.4 Å². The molecule has 2 heterocycles. The Morgan fingerprint density at radius 3 is 2.50 bits per heavy atom. The number of hydrogen-bond donors (Lipinski definition) is 2. The second-order valence-electron chi connectivity index (χ2n) is 6.45. The molecular weight excluding hydrogens is 392 g/mol. The lowest BCUT2D eigenvalue weighted by Gasteiger charge is -2.10. The number of hydrazine groups is 1. The third kappa shape index (κ3) is 4.02. The number of benzene rings is 2. The zero-order chi connectivity index (χ0) is 19.5. The highest BCUT2D eigenvalue weighted by Crippen LogP contribution is 2.45. The van der Waals surface area contributed by atoms with E-state index in [9.17, 15) is 9.59 Å². The first-order valence-electron chi connectivity index (χ1n) is 8.94. The minimum atomic E-state index is -0.336. The quantitative estimate of drug-likeness (QED) is 0.644. The molecule has 3 aromatic rings. The first-order chi connectivity index (χ1) is 13.6. The van der Waals surface area contributed by atoms with E-state index in [2.05, 4.69) is 15.8 Å². The number of rotatable bonds is 4. The number of aryl methyl sites for hydroxylation is 1. The minimum absolute atomic E-state index is 0.0839. The zero-order valence-electron chi connectivity index (χ0n) is 15.3. The number of nitrogens with zero attached hydrogens (tertiary/aromatic N) is 2. The third-order valence-corrected chi connectivity index (χ3v) is 7.69. The van der Waals surface area contributed by atoms with Crippen LogP contribution in [0.1, 0.15) is 26.3 Å². The summed E-state index contributed by atoms with van der Waals surface area (Å²) in [5.41, 5.74) is 8.49. The Hall–Kier alpha value is -2.45. The molecule has 8 heteroatoms. The fourth-order valence-electron chi connectivity index (χ4n) is 3.08. The summed E-state index contributed by atoms with van der Waals surface area (Å²) in [5, 5.41) is 0. The Morgan fingerprint density at radius 1 is 1.07 bits per heavy atom. The minimum Gasteiger partial charge on any atom is -0.331 e. The van der Waals surface area contributed by atoms with Crippen LogP contribution in [-0.2, 0) is 18.3 Å². The van der Waals surface area contributed by atoms with Crippen molar-refractivity contribution >= 4 is 46.4 Å². The van der Waals surface area contributed by atoms with E-state index in [1.165, 1.54) is 5.56 Å². The summed E-state index contributed by atoms with van der Waals surface area (Å²) in [4.78, 5) is 29.0. The van der Waals surface area contributed by atoms with Crippen molar-refractivity contribution in [1.82, 2.24) is 20.4 Å². The Morgan fingerprint density at radius 2 is 1.79 bits per heavy atom. The fourth-order valence-corrected chi connectivity index (χ4v) is 5.94. The molecule has 1 aliphatic heterocycles. The number of para-hydroxylation sites is 2. The Balaban J connectivity index is 1.33. The van der Waals surface area contributed by atoms with E-state index in [1.807, 2.05) is 71.5 Å². The van der Waals surface area contributed by atoms with E-state index in [0.717, 1.165) is 22.5 Å². The summed E-state index contributed by atoms with van der Waals surface area (Å²) >= 11 is 3.85. The van der Waals surface area contributed by atoms with E-state index in [0.29, 0.717) is 16.0 Å². The van der Waals surface area contributed by atoms with Gasteiger partial charge in [-0.1, -0.05) is 24.3 Å². The van der Waals surface area contributed by atoms with Gasteiger partial charge in [0.05, 0.1) is 22.0 Å². The molecule has 1 fully saturated rings. The van der Waals surface area contributed by atoms with E-state index >= 15 is 0 Å². The number of imidazole rings is 1. The molecule has 4 rings (SSSR count). The number of fused-ring (bicyclic) bond motifs is 1. The molecule has 2 aromatic carbocycles. The van der Waals surface area contributed by atoms with Gasteiger partial charge in [-0.05, 0) is 29.8 Å². The maximum atomic E-state index is 12.3. The molecule has 144 valence electrons. The van der Waals surface area contributed by atoms with Crippen LogP contribution in [-0.4, -0.2) is 32.9 Å². The van der Waals surface area contributed by atoms with Gasteiger partial charge >= 0.3 is 0 Å². The van der Waals surface area contributed by atoms with Crippen LogP contribution >= 0.6 is 23.5 Å². The van der Waals surface area contributed by atoms with Crippen molar-refractivity contribution in [2.75, 3.05) is 11.5 Å². The largest absolute Gasteiger partial charge is 0.331 e. The molecule has 2 N–H and O–H groups in total. The molecule has 28 heavy (non-hydrogen) atoms. The molecule has 0 radical (unpaired) electrons. The standard InChI is InChI=1S/C20H20N4O2S2/c1-24-16-5-3-2-4-15(16)21-17(24)12-18(25)22-23-19(26)13-6-8-14(9-7-13)20-27-10-11-28-20/h2-9,20H,10-12H2,1H3,(H,22,25)(H,23,26). The molecule has 2 amide bonds. The summed E-state index contributed by atoms with van der Waals surface area (Å²) in [5.74, 6) is 2.31. The normalized spacial score (nSPS) is 14.3. The van der Waals surface area contributed by atoms with Crippen LogP contribution in [0.5, 0.6) is 0 Å². The number of aromatic nitrogens is 2. The number of nitrogens with one attached hydrogen (secondary N) is 2. The Labute approximate surface area is 171 Å². The van der Waals surface area contributed by atoms with E-state index in [-0.39, 0.29) is 18.2 Å². The summed E-state index contributed by atoms with van der Waals surface area (Å²) in [6.45, 7) is 0. The van der Waals surface area contributed by atoms with Gasteiger partial charge < -0.3 is 4.57 Å². The third-order valence-electron chi connectivity index (χ3n) is 4.58. The Bertz CT molecular complexity index is 1010. The van der Waals surface area contributed by atoms with Gasteiger partial charge in [0.25, 0.3) is 5.91 Å². The summed E-state index contributed by atoms with van der Waals surface area (Å²) in [6, 6.07) is 15.3. The monoisotopic (exact) mass is 412 g/mol. The van der Waals surface area contributed by atoms with Crippen molar-refractivity contribution in [2.45, 2.75) is 11.0 Å². The number of carbonyl (C=O) groups is 2. The van der Waals surface area contributed by atoms with Gasteiger partial charge in [-0.15, -0.1) is 23.5 Å². The highest BCUT2D eigenvalue weighted by Gasteiger charge is 2.18. The van der Waals surface area contributed by atoms with Crippen LogP contribution in [0.4, 0.5) is 0 Å². The van der Waals surface area contributed by atoms with Crippen LogP contribution in [0.15, 0.2) is 48.5 Å². The number of amides is 2. The lowest BCUT2D eigenvalue weighted by molar-refractivity contribution is -0.121. The zero-order valence-corrected chi connectivity index (χ0v) is 17.0. The van der Waals surface area contributed by atoms with Crippen molar-refractivity contribution in [1.29, 1.82) is 0 Å². The number of hydrogen-bond acceptors (Lipinski definition) is 5. The molecular formula is C20H20N4O2S2. The van der Waals surface area contributed by atoms with Gasteiger partial charge in [0.1, 0.15) is 5.82 Å². The molecule has 0 unspecified atom stereocenters. The lowest BCUT2D eigenvalue weighted by atomic mass is 10.1. The van der Waals surface area contributed by atoms with E-state index < -0.39 is 0 Å². The van der Waals surface area contributed by atoms with Crippen LogP contribution in [0.2, 0.25) is 0 Å². The second-order valence-corrected chi connectivity index (χ2v) is 9.17. The van der Waals surface area contributed by atoms with Gasteiger partial charge in [0.15, 0.2) is 0 Å². The molecule has 1 aliphatic rings. The summed E-state index contributed by atoms with van der Waals surface area (Å²) in [7, 11) is 1.87. The topological polar surface area (TPSA) is 76.0 Å². The fraction of sp³-hybridized carbons (Fsp3) is 0.250.